The van der Waals surface area contributed by atoms with Crippen molar-refractivity contribution in [3.8, 4) is 0 Å². The van der Waals surface area contributed by atoms with Crippen molar-refractivity contribution in [1.29, 1.82) is 0 Å². The van der Waals surface area contributed by atoms with E-state index in [2.05, 4.69) is 93.6 Å². The molecular formula is C34H41N3O. The average Bonchev–Trinajstić information content (AvgIpc) is 2.99. The standard InChI is InChI=1S/C34H41N3O/c38-34-33-26-31(17-16-29(33)18-21-37(34)30-14-8-3-9-15-30)36-24-22-35(23-25-36)20-19-32(27-10-4-1-5-11-27)28-12-6-2-7-13-28/h1-2,4-7,10-13,16-17,26,30,32H,3,8-9,14-15,18-25H2. The van der Waals surface area contributed by atoms with Gasteiger partial charge in [0.15, 0.2) is 0 Å². The number of anilines is 1. The highest BCUT2D eigenvalue weighted by molar-refractivity contribution is 5.98. The van der Waals surface area contributed by atoms with E-state index in [0.717, 1.165) is 57.7 Å². The highest BCUT2D eigenvalue weighted by atomic mass is 16.2. The SMILES string of the molecule is O=C1c2cc(N3CCN(CCC(c4ccccc4)c4ccccc4)CC3)ccc2CCN1C1CCCCC1. The molecule has 0 atom stereocenters. The number of fused-ring (bicyclic) bond motifs is 1. The fourth-order valence-electron chi connectivity index (χ4n) is 6.85. The molecule has 3 aromatic rings. The van der Waals surface area contributed by atoms with Crippen LogP contribution in [-0.4, -0.2) is 61.0 Å². The molecule has 0 radical (unpaired) electrons. The molecule has 0 N–H and O–H groups in total. The number of hydrogen-bond donors (Lipinski definition) is 0. The molecular weight excluding hydrogens is 466 g/mol. The first-order valence-corrected chi connectivity index (χ1v) is 14.8. The van der Waals surface area contributed by atoms with Crippen LogP contribution in [0, 0.1) is 0 Å². The first-order valence-electron chi connectivity index (χ1n) is 14.8. The monoisotopic (exact) mass is 507 g/mol. The Bertz CT molecular complexity index is 1160. The molecule has 3 aliphatic rings. The van der Waals surface area contributed by atoms with Crippen LogP contribution < -0.4 is 4.90 Å². The van der Waals surface area contributed by atoms with Gasteiger partial charge in [-0.15, -0.1) is 0 Å². The maximum Gasteiger partial charge on any atom is 0.254 e. The molecule has 0 bridgehead atoms. The Labute approximate surface area is 228 Å². The van der Waals surface area contributed by atoms with Gasteiger partial charge in [-0.1, -0.05) is 86.0 Å². The van der Waals surface area contributed by atoms with E-state index in [9.17, 15) is 4.79 Å². The van der Waals surface area contributed by atoms with Crippen LogP contribution in [-0.2, 0) is 6.42 Å². The summed E-state index contributed by atoms with van der Waals surface area (Å²) in [7, 11) is 0. The lowest BCUT2D eigenvalue weighted by atomic mass is 9.88. The van der Waals surface area contributed by atoms with E-state index in [4.69, 9.17) is 0 Å². The van der Waals surface area contributed by atoms with Crippen molar-refractivity contribution in [1.82, 2.24) is 9.80 Å². The summed E-state index contributed by atoms with van der Waals surface area (Å²) in [6.07, 6.45) is 8.33. The number of hydrogen-bond acceptors (Lipinski definition) is 3. The first kappa shape index (κ1) is 25.2. The highest BCUT2D eigenvalue weighted by Crippen LogP contribution is 2.31. The maximum absolute atomic E-state index is 13.5. The van der Waals surface area contributed by atoms with Crippen molar-refractivity contribution in [3.05, 3.63) is 101 Å². The number of benzene rings is 3. The van der Waals surface area contributed by atoms with Crippen molar-refractivity contribution in [2.24, 2.45) is 0 Å². The Balaban J connectivity index is 1.08. The van der Waals surface area contributed by atoms with E-state index >= 15 is 0 Å². The van der Waals surface area contributed by atoms with Gasteiger partial charge in [0.05, 0.1) is 0 Å². The molecule has 0 aromatic heterocycles. The molecule has 6 rings (SSSR count). The third kappa shape index (κ3) is 5.51. The third-order valence-corrected chi connectivity index (χ3v) is 9.10. The van der Waals surface area contributed by atoms with E-state index in [1.54, 1.807) is 0 Å². The average molecular weight is 508 g/mol. The van der Waals surface area contributed by atoms with E-state index in [0.29, 0.717) is 12.0 Å². The lowest BCUT2D eigenvalue weighted by Crippen LogP contribution is -2.47. The summed E-state index contributed by atoms with van der Waals surface area (Å²) in [5.74, 6) is 0.695. The normalized spacial score (nSPS) is 19.1. The highest BCUT2D eigenvalue weighted by Gasteiger charge is 2.31. The van der Waals surface area contributed by atoms with Crippen molar-refractivity contribution in [2.45, 2.75) is 56.9 Å². The van der Waals surface area contributed by atoms with Gasteiger partial charge in [0.2, 0.25) is 0 Å². The Hall–Kier alpha value is -3.11. The number of nitrogens with zero attached hydrogens (tertiary/aromatic N) is 3. The summed E-state index contributed by atoms with van der Waals surface area (Å²) in [4.78, 5) is 20.8. The minimum absolute atomic E-state index is 0.270. The molecule has 2 heterocycles. The van der Waals surface area contributed by atoms with Crippen LogP contribution in [0.3, 0.4) is 0 Å². The van der Waals surface area contributed by atoms with E-state index in [-0.39, 0.29) is 5.91 Å². The number of carbonyl (C=O) groups is 1. The zero-order valence-electron chi connectivity index (χ0n) is 22.6. The number of rotatable bonds is 7. The zero-order chi connectivity index (χ0) is 25.7. The minimum Gasteiger partial charge on any atom is -0.369 e. The van der Waals surface area contributed by atoms with E-state index < -0.39 is 0 Å². The Morgan fingerprint density at radius 2 is 1.39 bits per heavy atom. The smallest absolute Gasteiger partial charge is 0.254 e. The molecule has 3 aromatic carbocycles. The van der Waals surface area contributed by atoms with Crippen LogP contribution in [0.1, 0.15) is 71.5 Å². The Morgan fingerprint density at radius 1 is 0.737 bits per heavy atom. The summed E-state index contributed by atoms with van der Waals surface area (Å²) >= 11 is 0. The summed E-state index contributed by atoms with van der Waals surface area (Å²) < 4.78 is 0. The number of piperazine rings is 1. The Kier molecular flexibility index (Phi) is 7.78. The van der Waals surface area contributed by atoms with Crippen molar-refractivity contribution < 1.29 is 4.79 Å². The first-order chi connectivity index (χ1) is 18.8. The topological polar surface area (TPSA) is 26.8 Å². The van der Waals surface area contributed by atoms with Crippen LogP contribution in [0.4, 0.5) is 5.69 Å². The van der Waals surface area contributed by atoms with Gasteiger partial charge in [0.25, 0.3) is 5.91 Å². The second-order valence-electron chi connectivity index (χ2n) is 11.4. The van der Waals surface area contributed by atoms with Gasteiger partial charge in [0.1, 0.15) is 0 Å². The van der Waals surface area contributed by atoms with Crippen LogP contribution >= 0.6 is 0 Å². The van der Waals surface area contributed by atoms with Gasteiger partial charge in [-0.05, 0) is 61.1 Å². The molecule has 0 spiro atoms. The molecule has 38 heavy (non-hydrogen) atoms. The number of carbonyl (C=O) groups excluding carboxylic acids is 1. The molecule has 1 amide bonds. The fourth-order valence-corrected chi connectivity index (χ4v) is 6.85. The lowest BCUT2D eigenvalue weighted by Gasteiger charge is -2.39. The van der Waals surface area contributed by atoms with Crippen LogP contribution in [0.25, 0.3) is 0 Å². The third-order valence-electron chi connectivity index (χ3n) is 9.10. The van der Waals surface area contributed by atoms with Crippen LogP contribution in [0.15, 0.2) is 78.9 Å². The molecule has 1 saturated heterocycles. The molecule has 1 aliphatic carbocycles. The van der Waals surface area contributed by atoms with Gasteiger partial charge in [-0.2, -0.15) is 0 Å². The molecule has 0 unspecified atom stereocenters. The molecule has 198 valence electrons. The molecule has 2 fully saturated rings. The van der Waals surface area contributed by atoms with E-state index in [1.807, 2.05) is 0 Å². The van der Waals surface area contributed by atoms with E-state index in [1.165, 1.54) is 54.5 Å². The second kappa shape index (κ2) is 11.7. The van der Waals surface area contributed by atoms with Crippen LogP contribution in [0.2, 0.25) is 0 Å². The van der Waals surface area contributed by atoms with Crippen molar-refractivity contribution in [3.63, 3.8) is 0 Å². The van der Waals surface area contributed by atoms with Gasteiger partial charge < -0.3 is 9.80 Å². The Morgan fingerprint density at radius 3 is 2.05 bits per heavy atom. The molecule has 2 aliphatic heterocycles. The molecule has 1 saturated carbocycles. The zero-order valence-corrected chi connectivity index (χ0v) is 22.6. The second-order valence-corrected chi connectivity index (χ2v) is 11.4. The summed E-state index contributed by atoms with van der Waals surface area (Å²) in [5, 5.41) is 0. The largest absolute Gasteiger partial charge is 0.369 e. The quantitative estimate of drug-likeness (QED) is 0.372. The van der Waals surface area contributed by atoms with Gasteiger partial charge in [0, 0.05) is 55.9 Å². The molecule has 4 heteroatoms. The summed E-state index contributed by atoms with van der Waals surface area (Å²) in [6, 6.07) is 29.0. The van der Waals surface area contributed by atoms with Gasteiger partial charge >= 0.3 is 0 Å². The van der Waals surface area contributed by atoms with Crippen LogP contribution in [0.5, 0.6) is 0 Å². The summed E-state index contributed by atoms with van der Waals surface area (Å²) in [6.45, 7) is 6.15. The summed E-state index contributed by atoms with van der Waals surface area (Å²) in [5.41, 5.74) is 6.21. The molecule has 4 nitrogen and oxygen atoms in total. The van der Waals surface area contributed by atoms with Gasteiger partial charge in [-0.3, -0.25) is 9.69 Å². The lowest BCUT2D eigenvalue weighted by molar-refractivity contribution is 0.0615. The number of amides is 1. The van der Waals surface area contributed by atoms with Crippen molar-refractivity contribution in [2.75, 3.05) is 44.2 Å². The minimum atomic E-state index is 0.270. The predicted molar refractivity (Wildman–Crippen MR) is 156 cm³/mol. The predicted octanol–water partition coefficient (Wildman–Crippen LogP) is 6.36. The maximum atomic E-state index is 13.5. The van der Waals surface area contributed by atoms with Gasteiger partial charge in [-0.25, -0.2) is 0 Å². The fraction of sp³-hybridized carbons (Fsp3) is 0.441. The van der Waals surface area contributed by atoms with Crippen molar-refractivity contribution >= 4 is 11.6 Å².